The maximum absolute atomic E-state index is 13.3. The Balaban J connectivity index is 2.13. The van der Waals surface area contributed by atoms with E-state index in [-0.39, 0.29) is 33.0 Å². The molecule has 1 heterocycles. The molecule has 1 amide bonds. The van der Waals surface area contributed by atoms with Crippen LogP contribution in [-0.2, 0) is 5.60 Å². The number of anilines is 1. The summed E-state index contributed by atoms with van der Waals surface area (Å²) >= 11 is 7.14. The van der Waals surface area contributed by atoms with Crippen LogP contribution in [0.4, 0.5) is 32.0 Å². The monoisotopic (exact) mass is 483 g/mol. The Bertz CT molecular complexity index is 980. The van der Waals surface area contributed by atoms with Crippen molar-refractivity contribution in [1.82, 2.24) is 0 Å². The Labute approximate surface area is 183 Å². The molecule has 0 aliphatic carbocycles. The topological polar surface area (TPSA) is 40.5 Å². The number of amides is 1. The molecular weight excluding hydrogens is 468 g/mol. The van der Waals surface area contributed by atoms with Crippen LogP contribution in [0.25, 0.3) is 0 Å². The van der Waals surface area contributed by atoms with Crippen molar-refractivity contribution in [3.05, 3.63) is 58.6 Å². The van der Waals surface area contributed by atoms with Crippen LogP contribution in [0.15, 0.2) is 47.4 Å². The second-order valence-electron chi connectivity index (χ2n) is 6.93. The average molecular weight is 484 g/mol. The fourth-order valence-electron chi connectivity index (χ4n) is 3.25. The number of rotatable bonds is 3. The van der Waals surface area contributed by atoms with E-state index in [4.69, 9.17) is 11.6 Å². The summed E-state index contributed by atoms with van der Waals surface area (Å²) < 4.78 is 79.7. The van der Waals surface area contributed by atoms with E-state index in [0.29, 0.717) is 18.6 Å². The number of halogens is 7. The molecule has 1 aliphatic rings. The van der Waals surface area contributed by atoms with Gasteiger partial charge < -0.3 is 10.0 Å². The average Bonchev–Trinajstić information content (AvgIpc) is 2.70. The standard InChI is InChI=1S/C20H16ClF6NO2S/c1-2-12-10-28(17(29)13-5-3-4-6-14(13)21)15-8-7-11(9-16(15)31-12)18(30,19(22,23)24)20(25,26)27/h3-9,12,30H,2,10H2,1H3. The Morgan fingerprint density at radius 2 is 1.74 bits per heavy atom. The molecule has 1 aliphatic heterocycles. The summed E-state index contributed by atoms with van der Waals surface area (Å²) in [5.74, 6) is -0.528. The number of alkyl halides is 6. The van der Waals surface area contributed by atoms with Gasteiger partial charge in [0, 0.05) is 22.3 Å². The lowest BCUT2D eigenvalue weighted by Gasteiger charge is -2.36. The van der Waals surface area contributed by atoms with E-state index in [1.54, 1.807) is 19.1 Å². The van der Waals surface area contributed by atoms with Gasteiger partial charge in [-0.1, -0.05) is 36.7 Å². The SMILES string of the molecule is CCC1CN(C(=O)c2ccccc2Cl)c2ccc(C(O)(C(F)(F)F)C(F)(F)F)cc2S1. The molecule has 0 aromatic heterocycles. The molecule has 31 heavy (non-hydrogen) atoms. The predicted octanol–water partition coefficient (Wildman–Crippen LogP) is 6.18. The molecule has 3 nitrogen and oxygen atoms in total. The summed E-state index contributed by atoms with van der Waals surface area (Å²) in [4.78, 5) is 14.4. The van der Waals surface area contributed by atoms with E-state index in [0.717, 1.165) is 17.8 Å². The molecule has 1 unspecified atom stereocenters. The molecular formula is C20H16ClF6NO2S. The highest BCUT2D eigenvalue weighted by molar-refractivity contribution is 8.00. The van der Waals surface area contributed by atoms with E-state index >= 15 is 0 Å². The highest BCUT2D eigenvalue weighted by Gasteiger charge is 2.71. The summed E-state index contributed by atoms with van der Waals surface area (Å²) in [7, 11) is 0. The molecule has 0 bridgehead atoms. The zero-order valence-corrected chi connectivity index (χ0v) is 17.5. The summed E-state index contributed by atoms with van der Waals surface area (Å²) in [5.41, 5.74) is -6.09. The summed E-state index contributed by atoms with van der Waals surface area (Å²) in [6.07, 6.45) is -11.5. The van der Waals surface area contributed by atoms with Crippen LogP contribution in [0.5, 0.6) is 0 Å². The van der Waals surface area contributed by atoms with Gasteiger partial charge in [-0.15, -0.1) is 11.8 Å². The first-order chi connectivity index (χ1) is 14.3. The first-order valence-corrected chi connectivity index (χ1v) is 10.3. The first kappa shape index (κ1) is 23.7. The highest BCUT2D eigenvalue weighted by atomic mass is 35.5. The number of thioether (sulfide) groups is 1. The van der Waals surface area contributed by atoms with Crippen LogP contribution in [0.3, 0.4) is 0 Å². The smallest absolute Gasteiger partial charge is 0.369 e. The van der Waals surface area contributed by atoms with E-state index in [1.165, 1.54) is 17.0 Å². The number of carbonyl (C=O) groups is 1. The van der Waals surface area contributed by atoms with Crippen molar-refractivity contribution in [3.63, 3.8) is 0 Å². The molecule has 2 aromatic rings. The van der Waals surface area contributed by atoms with Gasteiger partial charge in [-0.2, -0.15) is 26.3 Å². The number of nitrogens with zero attached hydrogens (tertiary/aromatic N) is 1. The Morgan fingerprint density at radius 3 is 2.29 bits per heavy atom. The summed E-state index contributed by atoms with van der Waals surface area (Å²) in [6, 6.07) is 8.37. The molecule has 0 saturated heterocycles. The lowest BCUT2D eigenvalue weighted by molar-refractivity contribution is -0.376. The number of hydrogen-bond acceptors (Lipinski definition) is 3. The zero-order valence-electron chi connectivity index (χ0n) is 15.9. The second kappa shape index (κ2) is 8.22. The third-order valence-corrected chi connectivity index (χ3v) is 6.70. The van der Waals surface area contributed by atoms with Gasteiger partial charge in [0.2, 0.25) is 0 Å². The van der Waals surface area contributed by atoms with Crippen molar-refractivity contribution in [2.45, 2.75) is 41.4 Å². The largest absolute Gasteiger partial charge is 0.430 e. The van der Waals surface area contributed by atoms with Gasteiger partial charge in [-0.05, 0) is 30.7 Å². The third-order valence-electron chi connectivity index (χ3n) is 4.97. The lowest BCUT2D eigenvalue weighted by atomic mass is 9.92. The van der Waals surface area contributed by atoms with Crippen LogP contribution in [0.1, 0.15) is 29.3 Å². The van der Waals surface area contributed by atoms with Crippen LogP contribution in [0.2, 0.25) is 5.02 Å². The van der Waals surface area contributed by atoms with Gasteiger partial charge in [0.1, 0.15) is 0 Å². The molecule has 0 saturated carbocycles. The quantitative estimate of drug-likeness (QED) is 0.530. The van der Waals surface area contributed by atoms with Gasteiger partial charge in [-0.25, -0.2) is 0 Å². The van der Waals surface area contributed by atoms with Gasteiger partial charge in [0.25, 0.3) is 11.5 Å². The van der Waals surface area contributed by atoms with Crippen molar-refractivity contribution in [2.75, 3.05) is 11.4 Å². The third kappa shape index (κ3) is 4.12. The fourth-order valence-corrected chi connectivity index (χ4v) is 4.71. The number of benzene rings is 2. The molecule has 0 spiro atoms. The van der Waals surface area contributed by atoms with Crippen LogP contribution in [0, 0.1) is 0 Å². The minimum Gasteiger partial charge on any atom is -0.369 e. The molecule has 3 rings (SSSR count). The molecule has 0 radical (unpaired) electrons. The zero-order chi connectivity index (χ0) is 23.2. The van der Waals surface area contributed by atoms with Crippen LogP contribution < -0.4 is 4.90 Å². The normalized spacial score (nSPS) is 17.5. The Morgan fingerprint density at radius 1 is 1.13 bits per heavy atom. The molecule has 1 N–H and O–H groups in total. The van der Waals surface area contributed by atoms with Crippen LogP contribution >= 0.6 is 23.4 Å². The van der Waals surface area contributed by atoms with Crippen LogP contribution in [-0.4, -0.2) is 35.2 Å². The molecule has 11 heteroatoms. The number of aliphatic hydroxyl groups is 1. The van der Waals surface area contributed by atoms with Crippen molar-refractivity contribution in [1.29, 1.82) is 0 Å². The first-order valence-electron chi connectivity index (χ1n) is 9.04. The minimum absolute atomic E-state index is 0.0305. The van der Waals surface area contributed by atoms with E-state index in [1.807, 2.05) is 0 Å². The second-order valence-corrected chi connectivity index (χ2v) is 8.68. The van der Waals surface area contributed by atoms with Gasteiger partial charge in [0.05, 0.1) is 16.3 Å². The minimum atomic E-state index is -5.99. The van der Waals surface area contributed by atoms with E-state index < -0.39 is 29.4 Å². The lowest BCUT2D eigenvalue weighted by Crippen LogP contribution is -2.54. The molecule has 0 fully saturated rings. The summed E-state index contributed by atoms with van der Waals surface area (Å²) in [6.45, 7) is 1.98. The van der Waals surface area contributed by atoms with Gasteiger partial charge in [-0.3, -0.25) is 4.79 Å². The van der Waals surface area contributed by atoms with Gasteiger partial charge in [0.15, 0.2) is 0 Å². The highest BCUT2D eigenvalue weighted by Crippen LogP contribution is 2.52. The molecule has 168 valence electrons. The van der Waals surface area contributed by atoms with E-state index in [2.05, 4.69) is 0 Å². The molecule has 2 aromatic carbocycles. The van der Waals surface area contributed by atoms with Crippen molar-refractivity contribution in [3.8, 4) is 0 Å². The fraction of sp³-hybridized carbons (Fsp3) is 0.350. The van der Waals surface area contributed by atoms with Crippen molar-refractivity contribution >= 4 is 35.0 Å². The predicted molar refractivity (Wildman–Crippen MR) is 106 cm³/mol. The van der Waals surface area contributed by atoms with Crippen molar-refractivity contribution in [2.24, 2.45) is 0 Å². The maximum atomic E-state index is 13.3. The number of hydrogen-bond donors (Lipinski definition) is 1. The van der Waals surface area contributed by atoms with Gasteiger partial charge >= 0.3 is 12.4 Å². The maximum Gasteiger partial charge on any atom is 0.430 e. The van der Waals surface area contributed by atoms with E-state index in [9.17, 15) is 36.2 Å². The Hall–Kier alpha value is -1.91. The Kier molecular flexibility index (Phi) is 6.29. The number of carbonyl (C=O) groups excluding carboxylic acids is 1. The van der Waals surface area contributed by atoms with Crippen molar-refractivity contribution < 1.29 is 36.2 Å². The number of fused-ring (bicyclic) bond motifs is 1. The molecule has 1 atom stereocenters. The summed E-state index contributed by atoms with van der Waals surface area (Å²) in [5, 5.41) is 9.60.